The number of hydrogen-bond acceptors (Lipinski definition) is 4. The summed E-state index contributed by atoms with van der Waals surface area (Å²) in [6, 6.07) is 9.07. The van der Waals surface area contributed by atoms with Gasteiger partial charge in [-0.05, 0) is 5.56 Å². The SMILES string of the molecule is COC(=O)c1c(-c2ccccc2)cn[nH]c1=O. The van der Waals surface area contributed by atoms with Crippen LogP contribution in [0.2, 0.25) is 0 Å². The molecule has 0 aliphatic carbocycles. The van der Waals surface area contributed by atoms with E-state index in [2.05, 4.69) is 14.9 Å². The first kappa shape index (κ1) is 11.1. The van der Waals surface area contributed by atoms with E-state index in [1.165, 1.54) is 13.3 Å². The maximum absolute atomic E-state index is 11.6. The summed E-state index contributed by atoms with van der Waals surface area (Å²) in [5.74, 6) is -0.674. The van der Waals surface area contributed by atoms with Gasteiger partial charge in [0.05, 0.1) is 13.3 Å². The zero-order valence-corrected chi connectivity index (χ0v) is 9.14. The molecule has 2 aromatic rings. The third-order valence-electron chi connectivity index (χ3n) is 2.33. The van der Waals surface area contributed by atoms with Crippen LogP contribution in [0.15, 0.2) is 41.3 Å². The zero-order chi connectivity index (χ0) is 12.3. The van der Waals surface area contributed by atoms with Gasteiger partial charge in [-0.3, -0.25) is 4.79 Å². The minimum atomic E-state index is -0.674. The fourth-order valence-electron chi connectivity index (χ4n) is 1.54. The molecule has 1 heterocycles. The third-order valence-corrected chi connectivity index (χ3v) is 2.33. The monoisotopic (exact) mass is 230 g/mol. The second-order valence-electron chi connectivity index (χ2n) is 3.35. The van der Waals surface area contributed by atoms with Gasteiger partial charge >= 0.3 is 5.97 Å². The molecule has 1 N–H and O–H groups in total. The summed E-state index contributed by atoms with van der Waals surface area (Å²) in [5, 5.41) is 5.91. The molecule has 1 aromatic carbocycles. The van der Waals surface area contributed by atoms with Crippen molar-refractivity contribution in [1.29, 1.82) is 0 Å². The number of H-pyrrole nitrogens is 1. The molecule has 0 spiro atoms. The van der Waals surface area contributed by atoms with Crippen LogP contribution in [0.3, 0.4) is 0 Å². The van der Waals surface area contributed by atoms with Gasteiger partial charge in [0.15, 0.2) is 0 Å². The number of hydrogen-bond donors (Lipinski definition) is 1. The molecule has 86 valence electrons. The molecule has 0 bridgehead atoms. The Morgan fingerprint density at radius 2 is 2.00 bits per heavy atom. The van der Waals surface area contributed by atoms with E-state index < -0.39 is 11.5 Å². The minimum Gasteiger partial charge on any atom is -0.465 e. The molecule has 0 unspecified atom stereocenters. The van der Waals surface area contributed by atoms with Gasteiger partial charge in [0.1, 0.15) is 5.56 Å². The highest BCUT2D eigenvalue weighted by Gasteiger charge is 2.17. The highest BCUT2D eigenvalue weighted by atomic mass is 16.5. The van der Waals surface area contributed by atoms with Crippen LogP contribution in [0.5, 0.6) is 0 Å². The lowest BCUT2D eigenvalue weighted by Crippen LogP contribution is -2.21. The van der Waals surface area contributed by atoms with E-state index in [1.54, 1.807) is 12.1 Å². The average Bonchev–Trinajstić information content (AvgIpc) is 2.38. The number of nitrogens with zero attached hydrogens (tertiary/aromatic N) is 1. The zero-order valence-electron chi connectivity index (χ0n) is 9.14. The van der Waals surface area contributed by atoms with E-state index in [4.69, 9.17) is 0 Å². The van der Waals surface area contributed by atoms with Crippen LogP contribution < -0.4 is 5.56 Å². The Balaban J connectivity index is 2.67. The predicted octanol–water partition coefficient (Wildman–Crippen LogP) is 1.22. The molecule has 2 rings (SSSR count). The fourth-order valence-corrected chi connectivity index (χ4v) is 1.54. The second kappa shape index (κ2) is 4.61. The summed E-state index contributed by atoms with van der Waals surface area (Å²) in [4.78, 5) is 23.2. The first-order valence-corrected chi connectivity index (χ1v) is 4.95. The number of methoxy groups -OCH3 is 1. The molecule has 5 heteroatoms. The third kappa shape index (κ3) is 2.08. The maximum Gasteiger partial charge on any atom is 0.344 e. The van der Waals surface area contributed by atoms with Crippen molar-refractivity contribution in [3.63, 3.8) is 0 Å². The smallest absolute Gasteiger partial charge is 0.344 e. The van der Waals surface area contributed by atoms with Gasteiger partial charge in [-0.15, -0.1) is 0 Å². The lowest BCUT2D eigenvalue weighted by Gasteiger charge is -2.05. The molecule has 0 radical (unpaired) electrons. The Morgan fingerprint density at radius 3 is 2.65 bits per heavy atom. The van der Waals surface area contributed by atoms with Gasteiger partial charge in [-0.25, -0.2) is 9.89 Å². The summed E-state index contributed by atoms with van der Waals surface area (Å²) in [7, 11) is 1.23. The quantitative estimate of drug-likeness (QED) is 0.787. The van der Waals surface area contributed by atoms with E-state index in [-0.39, 0.29) is 5.56 Å². The second-order valence-corrected chi connectivity index (χ2v) is 3.35. The number of aromatic nitrogens is 2. The Kier molecular flexibility index (Phi) is 3.00. The van der Waals surface area contributed by atoms with Crippen molar-refractivity contribution in [3.8, 4) is 11.1 Å². The highest BCUT2D eigenvalue weighted by molar-refractivity contribution is 5.96. The Morgan fingerprint density at radius 1 is 1.29 bits per heavy atom. The van der Waals surface area contributed by atoms with Gasteiger partial charge in [0, 0.05) is 5.56 Å². The van der Waals surface area contributed by atoms with Gasteiger partial charge in [0.25, 0.3) is 5.56 Å². The number of rotatable bonds is 2. The van der Waals surface area contributed by atoms with Crippen LogP contribution in [0.4, 0.5) is 0 Å². The number of benzene rings is 1. The van der Waals surface area contributed by atoms with Crippen molar-refractivity contribution >= 4 is 5.97 Å². The molecule has 0 amide bonds. The molecular weight excluding hydrogens is 220 g/mol. The molecule has 17 heavy (non-hydrogen) atoms. The van der Waals surface area contributed by atoms with Gasteiger partial charge in [-0.1, -0.05) is 30.3 Å². The first-order valence-electron chi connectivity index (χ1n) is 4.95. The van der Waals surface area contributed by atoms with Crippen molar-refractivity contribution in [1.82, 2.24) is 10.2 Å². The molecule has 1 aromatic heterocycles. The van der Waals surface area contributed by atoms with Crippen LogP contribution in [0.25, 0.3) is 11.1 Å². The summed E-state index contributed by atoms with van der Waals surface area (Å²) >= 11 is 0. The van der Waals surface area contributed by atoms with Gasteiger partial charge in [-0.2, -0.15) is 5.10 Å². The molecule has 5 nitrogen and oxygen atoms in total. The van der Waals surface area contributed by atoms with Crippen molar-refractivity contribution in [2.24, 2.45) is 0 Å². The number of ether oxygens (including phenoxy) is 1. The lowest BCUT2D eigenvalue weighted by atomic mass is 10.0. The van der Waals surface area contributed by atoms with E-state index in [9.17, 15) is 9.59 Å². The fraction of sp³-hybridized carbons (Fsp3) is 0.0833. The van der Waals surface area contributed by atoms with Crippen LogP contribution >= 0.6 is 0 Å². The van der Waals surface area contributed by atoms with Crippen molar-refractivity contribution in [3.05, 3.63) is 52.4 Å². The number of carbonyl (C=O) groups excluding carboxylic acids is 1. The molecule has 0 aliphatic heterocycles. The van der Waals surface area contributed by atoms with E-state index in [0.717, 1.165) is 5.56 Å². The maximum atomic E-state index is 11.6. The van der Waals surface area contributed by atoms with Crippen LogP contribution in [-0.2, 0) is 4.74 Å². The topological polar surface area (TPSA) is 72.0 Å². The lowest BCUT2D eigenvalue weighted by molar-refractivity contribution is 0.0599. The van der Waals surface area contributed by atoms with Gasteiger partial charge < -0.3 is 4.74 Å². The Bertz CT molecular complexity index is 590. The molecule has 0 atom stereocenters. The number of esters is 1. The first-order chi connectivity index (χ1) is 8.24. The Hall–Kier alpha value is -2.43. The molecule has 0 saturated heterocycles. The Labute approximate surface area is 97.1 Å². The molecule has 0 aliphatic rings. The summed E-state index contributed by atoms with van der Waals surface area (Å²) in [6.07, 6.45) is 1.43. The number of aromatic amines is 1. The average molecular weight is 230 g/mol. The standard InChI is InChI=1S/C12H10N2O3/c1-17-12(16)10-9(7-13-14-11(10)15)8-5-3-2-4-6-8/h2-7H,1H3,(H,14,15). The molecule has 0 fully saturated rings. The number of nitrogens with one attached hydrogen (secondary N) is 1. The summed E-state index contributed by atoms with van der Waals surface area (Å²) in [5.41, 5.74) is 0.611. The van der Waals surface area contributed by atoms with Crippen molar-refractivity contribution in [2.45, 2.75) is 0 Å². The van der Waals surface area contributed by atoms with E-state index >= 15 is 0 Å². The van der Waals surface area contributed by atoms with Crippen LogP contribution in [0.1, 0.15) is 10.4 Å². The molecule has 0 saturated carbocycles. The number of carbonyl (C=O) groups is 1. The summed E-state index contributed by atoms with van der Waals surface area (Å²) in [6.45, 7) is 0. The van der Waals surface area contributed by atoms with Crippen LogP contribution in [0, 0.1) is 0 Å². The molecular formula is C12H10N2O3. The summed E-state index contributed by atoms with van der Waals surface area (Å²) < 4.78 is 4.59. The van der Waals surface area contributed by atoms with Gasteiger partial charge in [0.2, 0.25) is 0 Å². The minimum absolute atomic E-state index is 0.0336. The predicted molar refractivity (Wildman–Crippen MR) is 61.6 cm³/mol. The van der Waals surface area contributed by atoms with Crippen LogP contribution in [-0.4, -0.2) is 23.3 Å². The highest BCUT2D eigenvalue weighted by Crippen LogP contribution is 2.20. The van der Waals surface area contributed by atoms with E-state index in [0.29, 0.717) is 5.56 Å². The normalized spacial score (nSPS) is 9.94. The van der Waals surface area contributed by atoms with E-state index in [1.807, 2.05) is 18.2 Å². The van der Waals surface area contributed by atoms with Crippen molar-refractivity contribution < 1.29 is 9.53 Å². The largest absolute Gasteiger partial charge is 0.465 e. The van der Waals surface area contributed by atoms with Crippen molar-refractivity contribution in [2.75, 3.05) is 7.11 Å².